The third kappa shape index (κ3) is 0.555. The predicted octanol–water partition coefficient (Wildman–Crippen LogP) is -0.891. The Morgan fingerprint density at radius 3 is 3.12 bits per heavy atom. The first-order chi connectivity index (χ1) is 3.97. The van der Waals surface area contributed by atoms with Crippen molar-refractivity contribution in [2.45, 2.75) is 6.10 Å². The quantitative estimate of drug-likeness (QED) is 0.428. The Bertz CT molecular complexity index is 76.4. The molecule has 2 heterocycles. The molecule has 0 aromatic rings. The zero-order valence-corrected chi connectivity index (χ0v) is 4.68. The SMILES string of the molecule is C1NC[C@@H]2ONC[C@H]12. The van der Waals surface area contributed by atoms with Gasteiger partial charge in [-0.15, -0.1) is 0 Å². The van der Waals surface area contributed by atoms with E-state index in [1.54, 1.807) is 0 Å². The summed E-state index contributed by atoms with van der Waals surface area (Å²) in [6.45, 7) is 3.17. The van der Waals surface area contributed by atoms with E-state index in [-0.39, 0.29) is 0 Å². The molecule has 0 aromatic heterocycles. The average molecular weight is 114 g/mol. The van der Waals surface area contributed by atoms with Gasteiger partial charge in [-0.25, -0.2) is 5.48 Å². The van der Waals surface area contributed by atoms with Gasteiger partial charge in [-0.3, -0.25) is 4.84 Å². The summed E-state index contributed by atoms with van der Waals surface area (Å²) in [5.74, 6) is 0.731. The number of hydrogen-bond donors (Lipinski definition) is 2. The molecule has 0 amide bonds. The highest BCUT2D eigenvalue weighted by Crippen LogP contribution is 2.15. The highest BCUT2D eigenvalue weighted by atomic mass is 16.7. The summed E-state index contributed by atoms with van der Waals surface area (Å²) in [5, 5.41) is 3.26. The van der Waals surface area contributed by atoms with Crippen molar-refractivity contribution >= 4 is 0 Å². The topological polar surface area (TPSA) is 33.3 Å². The van der Waals surface area contributed by atoms with Gasteiger partial charge >= 0.3 is 0 Å². The van der Waals surface area contributed by atoms with Gasteiger partial charge in [0.15, 0.2) is 0 Å². The van der Waals surface area contributed by atoms with Crippen LogP contribution in [0, 0.1) is 5.92 Å². The highest BCUT2D eigenvalue weighted by molar-refractivity contribution is 4.85. The largest absolute Gasteiger partial charge is 0.314 e. The minimum absolute atomic E-state index is 0.454. The summed E-state index contributed by atoms with van der Waals surface area (Å²) in [6, 6.07) is 0. The zero-order valence-electron chi connectivity index (χ0n) is 4.68. The van der Waals surface area contributed by atoms with Crippen LogP contribution >= 0.6 is 0 Å². The van der Waals surface area contributed by atoms with Crippen LogP contribution in [0.1, 0.15) is 0 Å². The average Bonchev–Trinajstić information content (AvgIpc) is 2.15. The van der Waals surface area contributed by atoms with Gasteiger partial charge in [0.05, 0.1) is 6.10 Å². The van der Waals surface area contributed by atoms with Gasteiger partial charge in [-0.2, -0.15) is 0 Å². The molecule has 2 aliphatic heterocycles. The highest BCUT2D eigenvalue weighted by Gasteiger charge is 2.32. The van der Waals surface area contributed by atoms with Crippen molar-refractivity contribution < 1.29 is 4.84 Å². The van der Waals surface area contributed by atoms with Crippen LogP contribution in [-0.4, -0.2) is 25.7 Å². The molecule has 0 bridgehead atoms. The monoisotopic (exact) mass is 114 g/mol. The van der Waals surface area contributed by atoms with E-state index >= 15 is 0 Å². The normalized spacial score (nSPS) is 45.0. The van der Waals surface area contributed by atoms with Gasteiger partial charge in [0.1, 0.15) is 0 Å². The molecule has 0 saturated carbocycles. The van der Waals surface area contributed by atoms with Crippen LogP contribution in [0.15, 0.2) is 0 Å². The molecule has 0 radical (unpaired) electrons. The van der Waals surface area contributed by atoms with Crippen LogP contribution in [0.25, 0.3) is 0 Å². The van der Waals surface area contributed by atoms with Crippen LogP contribution < -0.4 is 10.8 Å². The van der Waals surface area contributed by atoms with Gasteiger partial charge in [0.2, 0.25) is 0 Å². The Labute approximate surface area is 48.4 Å². The van der Waals surface area contributed by atoms with E-state index in [0.29, 0.717) is 6.10 Å². The second-order valence-electron chi connectivity index (χ2n) is 2.42. The molecule has 0 unspecified atom stereocenters. The Balaban J connectivity index is 2.04. The smallest absolute Gasteiger partial charge is 0.0967 e. The van der Waals surface area contributed by atoms with Gasteiger partial charge in [0, 0.05) is 25.6 Å². The summed E-state index contributed by atoms with van der Waals surface area (Å²) >= 11 is 0. The number of fused-ring (bicyclic) bond motifs is 1. The molecule has 2 aliphatic rings. The molecular weight excluding hydrogens is 104 g/mol. The lowest BCUT2D eigenvalue weighted by molar-refractivity contribution is 0.0371. The number of nitrogens with one attached hydrogen (secondary N) is 2. The second-order valence-corrected chi connectivity index (χ2v) is 2.42. The summed E-state index contributed by atoms with van der Waals surface area (Å²) in [6.07, 6.45) is 0.454. The molecule has 8 heavy (non-hydrogen) atoms. The van der Waals surface area contributed by atoms with Gasteiger partial charge in [0.25, 0.3) is 0 Å². The van der Waals surface area contributed by atoms with Crippen molar-refractivity contribution in [1.82, 2.24) is 10.8 Å². The minimum Gasteiger partial charge on any atom is -0.314 e. The van der Waals surface area contributed by atoms with E-state index in [9.17, 15) is 0 Å². The third-order valence-electron chi connectivity index (χ3n) is 1.86. The fourth-order valence-electron chi connectivity index (χ4n) is 1.31. The standard InChI is InChI=1S/C5H10N2O/c1-4-2-7-8-5(4)3-6-1/h4-7H,1-3H2/t4-,5-/m0/s1. The molecule has 2 N–H and O–H groups in total. The zero-order chi connectivity index (χ0) is 5.40. The van der Waals surface area contributed by atoms with Crippen LogP contribution in [-0.2, 0) is 4.84 Å². The molecule has 46 valence electrons. The lowest BCUT2D eigenvalue weighted by Gasteiger charge is -2.00. The maximum absolute atomic E-state index is 5.16. The van der Waals surface area contributed by atoms with E-state index in [1.165, 1.54) is 0 Å². The molecule has 3 heteroatoms. The fourth-order valence-corrected chi connectivity index (χ4v) is 1.31. The van der Waals surface area contributed by atoms with Gasteiger partial charge in [-0.05, 0) is 0 Å². The molecule has 2 rings (SSSR count). The summed E-state index contributed by atoms with van der Waals surface area (Å²) in [7, 11) is 0. The van der Waals surface area contributed by atoms with E-state index in [2.05, 4.69) is 10.8 Å². The molecule has 0 spiro atoms. The van der Waals surface area contributed by atoms with Crippen molar-refractivity contribution in [1.29, 1.82) is 0 Å². The van der Waals surface area contributed by atoms with E-state index in [1.807, 2.05) is 0 Å². The fraction of sp³-hybridized carbons (Fsp3) is 1.00. The predicted molar refractivity (Wildman–Crippen MR) is 29.2 cm³/mol. The van der Waals surface area contributed by atoms with E-state index < -0.39 is 0 Å². The number of hydrogen-bond acceptors (Lipinski definition) is 3. The molecule has 3 nitrogen and oxygen atoms in total. The number of rotatable bonds is 0. The third-order valence-corrected chi connectivity index (χ3v) is 1.86. The van der Waals surface area contributed by atoms with Gasteiger partial charge < -0.3 is 5.32 Å². The van der Waals surface area contributed by atoms with Crippen LogP contribution in [0.5, 0.6) is 0 Å². The van der Waals surface area contributed by atoms with Gasteiger partial charge in [-0.1, -0.05) is 0 Å². The molecular formula is C5H10N2O. The van der Waals surface area contributed by atoms with Crippen molar-refractivity contribution in [2.24, 2.45) is 5.92 Å². The van der Waals surface area contributed by atoms with Crippen molar-refractivity contribution in [2.75, 3.05) is 19.6 Å². The summed E-state index contributed by atoms with van der Waals surface area (Å²) in [4.78, 5) is 5.16. The summed E-state index contributed by atoms with van der Waals surface area (Å²) < 4.78 is 0. The first-order valence-corrected chi connectivity index (χ1v) is 3.06. The molecule has 0 aromatic carbocycles. The summed E-state index contributed by atoms with van der Waals surface area (Å²) in [5.41, 5.74) is 2.88. The molecule has 0 aliphatic carbocycles. The van der Waals surface area contributed by atoms with Crippen LogP contribution in [0.3, 0.4) is 0 Å². The lowest BCUT2D eigenvalue weighted by atomic mass is 10.1. The molecule has 2 fully saturated rings. The van der Waals surface area contributed by atoms with Crippen LogP contribution in [0.4, 0.5) is 0 Å². The first-order valence-electron chi connectivity index (χ1n) is 3.06. The van der Waals surface area contributed by atoms with Crippen molar-refractivity contribution in [3.8, 4) is 0 Å². The van der Waals surface area contributed by atoms with E-state index in [0.717, 1.165) is 25.6 Å². The Morgan fingerprint density at radius 2 is 2.25 bits per heavy atom. The Morgan fingerprint density at radius 1 is 1.25 bits per heavy atom. The molecule has 2 saturated heterocycles. The number of hydroxylamine groups is 1. The van der Waals surface area contributed by atoms with Crippen LogP contribution in [0.2, 0.25) is 0 Å². The Hall–Kier alpha value is -0.120. The van der Waals surface area contributed by atoms with Crippen molar-refractivity contribution in [3.05, 3.63) is 0 Å². The minimum atomic E-state index is 0.454. The lowest BCUT2D eigenvalue weighted by Crippen LogP contribution is -2.18. The van der Waals surface area contributed by atoms with E-state index in [4.69, 9.17) is 4.84 Å². The first kappa shape index (κ1) is 4.73. The molecule has 2 atom stereocenters. The Kier molecular flexibility index (Phi) is 0.997. The maximum Gasteiger partial charge on any atom is 0.0967 e. The maximum atomic E-state index is 5.16. The second kappa shape index (κ2) is 1.69. The van der Waals surface area contributed by atoms with Crippen molar-refractivity contribution in [3.63, 3.8) is 0 Å².